The molecular weight excluding hydrogens is 136 g/mol. The summed E-state index contributed by atoms with van der Waals surface area (Å²) < 4.78 is 0. The first-order valence-electron chi connectivity index (χ1n) is 4.94. The molecule has 0 aromatic rings. The first-order valence-corrected chi connectivity index (χ1v) is 4.94. The minimum Gasteiger partial charge on any atom is -0.393 e. The zero-order chi connectivity index (χ0) is 8.69. The van der Waals surface area contributed by atoms with Crippen LogP contribution in [0.2, 0.25) is 0 Å². The smallest absolute Gasteiger partial charge is 0.0568 e. The van der Waals surface area contributed by atoms with Crippen molar-refractivity contribution in [2.75, 3.05) is 0 Å². The van der Waals surface area contributed by atoms with Gasteiger partial charge in [-0.3, -0.25) is 0 Å². The Morgan fingerprint density at radius 2 is 1.64 bits per heavy atom. The van der Waals surface area contributed by atoms with E-state index in [4.69, 9.17) is 0 Å². The third-order valence-electron chi connectivity index (χ3n) is 2.45. The molecule has 1 heteroatoms. The van der Waals surface area contributed by atoms with E-state index < -0.39 is 0 Å². The topological polar surface area (TPSA) is 20.2 Å². The first kappa shape index (κ1) is 11.0. The van der Waals surface area contributed by atoms with E-state index in [0.717, 1.165) is 25.7 Å². The molecule has 0 aromatic heterocycles. The molecule has 0 fully saturated rings. The molecule has 0 aliphatic heterocycles. The van der Waals surface area contributed by atoms with Crippen LogP contribution >= 0.6 is 0 Å². The fourth-order valence-electron chi connectivity index (χ4n) is 1.48. The number of unbranched alkanes of at least 4 members (excludes halogenated alkanes) is 1. The summed E-state index contributed by atoms with van der Waals surface area (Å²) in [6.45, 7) is 6.48. The number of hydrogen-bond acceptors (Lipinski definition) is 1. The highest BCUT2D eigenvalue weighted by molar-refractivity contribution is 4.65. The quantitative estimate of drug-likeness (QED) is 0.630. The normalized spacial score (nSPS) is 13.9. The van der Waals surface area contributed by atoms with Crippen molar-refractivity contribution in [2.24, 2.45) is 5.92 Å². The molecule has 0 rings (SSSR count). The minimum atomic E-state index is -0.0510. The molecule has 1 N–H and O–H groups in total. The van der Waals surface area contributed by atoms with E-state index in [0.29, 0.717) is 5.92 Å². The Balaban J connectivity index is 3.51. The molecule has 0 aliphatic rings. The van der Waals surface area contributed by atoms with E-state index in [9.17, 15) is 5.11 Å². The van der Waals surface area contributed by atoms with Gasteiger partial charge in [0.2, 0.25) is 0 Å². The molecule has 1 atom stereocenters. The molecule has 0 aromatic carbocycles. The van der Waals surface area contributed by atoms with Crippen LogP contribution in [0.25, 0.3) is 0 Å². The second-order valence-corrected chi connectivity index (χ2v) is 3.29. The summed E-state index contributed by atoms with van der Waals surface area (Å²) in [4.78, 5) is 0. The van der Waals surface area contributed by atoms with Crippen molar-refractivity contribution in [1.82, 2.24) is 0 Å². The van der Waals surface area contributed by atoms with Crippen molar-refractivity contribution >= 4 is 0 Å². The Labute approximate surface area is 70.8 Å². The average Bonchev–Trinajstić information content (AvgIpc) is 2.03. The lowest BCUT2D eigenvalue weighted by atomic mass is 9.93. The van der Waals surface area contributed by atoms with Crippen molar-refractivity contribution in [3.05, 3.63) is 0 Å². The molecule has 0 bridgehead atoms. The van der Waals surface area contributed by atoms with Gasteiger partial charge in [-0.2, -0.15) is 0 Å². The molecule has 0 saturated heterocycles. The summed E-state index contributed by atoms with van der Waals surface area (Å²) in [5.41, 5.74) is 0. The number of aliphatic hydroxyl groups excluding tert-OH is 1. The van der Waals surface area contributed by atoms with Gasteiger partial charge in [0, 0.05) is 0 Å². The van der Waals surface area contributed by atoms with Crippen LogP contribution in [0.1, 0.15) is 52.9 Å². The van der Waals surface area contributed by atoms with Gasteiger partial charge < -0.3 is 5.11 Å². The average molecular weight is 158 g/mol. The minimum absolute atomic E-state index is 0.0510. The second-order valence-electron chi connectivity index (χ2n) is 3.29. The van der Waals surface area contributed by atoms with E-state index in [1.165, 1.54) is 6.42 Å². The summed E-state index contributed by atoms with van der Waals surface area (Å²) in [5.74, 6) is 0.529. The molecule has 0 spiro atoms. The Kier molecular flexibility index (Phi) is 6.63. The molecule has 0 aliphatic carbocycles. The van der Waals surface area contributed by atoms with Gasteiger partial charge in [0.05, 0.1) is 6.10 Å². The number of hydrogen-bond donors (Lipinski definition) is 1. The molecule has 68 valence electrons. The third kappa shape index (κ3) is 4.41. The van der Waals surface area contributed by atoms with E-state index in [1.54, 1.807) is 0 Å². The lowest BCUT2D eigenvalue weighted by Crippen LogP contribution is -2.18. The molecule has 1 nitrogen and oxygen atoms in total. The van der Waals surface area contributed by atoms with Gasteiger partial charge in [-0.05, 0) is 12.3 Å². The largest absolute Gasteiger partial charge is 0.393 e. The van der Waals surface area contributed by atoms with Gasteiger partial charge in [0.25, 0.3) is 0 Å². The molecule has 11 heavy (non-hydrogen) atoms. The fourth-order valence-corrected chi connectivity index (χ4v) is 1.48. The SMILES string of the molecule is CCCCC(O)C(CC)CC. The van der Waals surface area contributed by atoms with Gasteiger partial charge in [0.15, 0.2) is 0 Å². The van der Waals surface area contributed by atoms with E-state index >= 15 is 0 Å². The monoisotopic (exact) mass is 158 g/mol. The van der Waals surface area contributed by atoms with Crippen LogP contribution in [0.4, 0.5) is 0 Å². The van der Waals surface area contributed by atoms with E-state index in [2.05, 4.69) is 20.8 Å². The predicted molar refractivity (Wildman–Crippen MR) is 49.6 cm³/mol. The van der Waals surface area contributed by atoms with Crippen LogP contribution in [0.5, 0.6) is 0 Å². The molecule has 0 heterocycles. The Morgan fingerprint density at radius 3 is 2.00 bits per heavy atom. The number of aliphatic hydroxyl groups is 1. The molecule has 0 radical (unpaired) electrons. The zero-order valence-electron chi connectivity index (χ0n) is 8.14. The van der Waals surface area contributed by atoms with Crippen LogP contribution in [0, 0.1) is 5.92 Å². The summed E-state index contributed by atoms with van der Waals surface area (Å²) in [5, 5.41) is 9.64. The van der Waals surface area contributed by atoms with Crippen molar-refractivity contribution in [2.45, 2.75) is 59.0 Å². The Morgan fingerprint density at radius 1 is 1.09 bits per heavy atom. The lowest BCUT2D eigenvalue weighted by Gasteiger charge is -2.19. The Bertz CT molecular complexity index is 76.9. The maximum absolute atomic E-state index is 9.64. The van der Waals surface area contributed by atoms with Gasteiger partial charge in [0.1, 0.15) is 0 Å². The maximum Gasteiger partial charge on any atom is 0.0568 e. The Hall–Kier alpha value is -0.0400. The van der Waals surface area contributed by atoms with Crippen molar-refractivity contribution < 1.29 is 5.11 Å². The van der Waals surface area contributed by atoms with Gasteiger partial charge in [-0.25, -0.2) is 0 Å². The van der Waals surface area contributed by atoms with E-state index in [1.807, 2.05) is 0 Å². The summed E-state index contributed by atoms with van der Waals surface area (Å²) in [6, 6.07) is 0. The highest BCUT2D eigenvalue weighted by Crippen LogP contribution is 2.17. The second kappa shape index (κ2) is 6.66. The van der Waals surface area contributed by atoms with Crippen LogP contribution < -0.4 is 0 Å². The highest BCUT2D eigenvalue weighted by atomic mass is 16.3. The van der Waals surface area contributed by atoms with Crippen LogP contribution in [-0.4, -0.2) is 11.2 Å². The maximum atomic E-state index is 9.64. The fraction of sp³-hybridized carbons (Fsp3) is 1.00. The first-order chi connectivity index (χ1) is 5.26. The molecule has 0 saturated carbocycles. The van der Waals surface area contributed by atoms with Gasteiger partial charge in [-0.1, -0.05) is 46.5 Å². The van der Waals surface area contributed by atoms with Crippen LogP contribution in [0.15, 0.2) is 0 Å². The molecule has 1 unspecified atom stereocenters. The lowest BCUT2D eigenvalue weighted by molar-refractivity contribution is 0.0920. The van der Waals surface area contributed by atoms with Crippen LogP contribution in [0.3, 0.4) is 0 Å². The summed E-state index contributed by atoms with van der Waals surface area (Å²) >= 11 is 0. The highest BCUT2D eigenvalue weighted by Gasteiger charge is 2.13. The van der Waals surface area contributed by atoms with Gasteiger partial charge in [-0.15, -0.1) is 0 Å². The van der Waals surface area contributed by atoms with Crippen molar-refractivity contribution in [3.8, 4) is 0 Å². The molecular formula is C10H22O. The van der Waals surface area contributed by atoms with Crippen molar-refractivity contribution in [1.29, 1.82) is 0 Å². The zero-order valence-corrected chi connectivity index (χ0v) is 8.14. The summed E-state index contributed by atoms with van der Waals surface area (Å²) in [6.07, 6.45) is 5.52. The van der Waals surface area contributed by atoms with Crippen molar-refractivity contribution in [3.63, 3.8) is 0 Å². The van der Waals surface area contributed by atoms with E-state index in [-0.39, 0.29) is 6.10 Å². The number of rotatable bonds is 6. The standard InChI is InChI=1S/C10H22O/c1-4-7-8-10(11)9(5-2)6-3/h9-11H,4-8H2,1-3H3. The van der Waals surface area contributed by atoms with Gasteiger partial charge >= 0.3 is 0 Å². The predicted octanol–water partition coefficient (Wildman–Crippen LogP) is 2.97. The molecule has 0 amide bonds. The third-order valence-corrected chi connectivity index (χ3v) is 2.45. The van der Waals surface area contributed by atoms with Crippen LogP contribution in [-0.2, 0) is 0 Å². The summed E-state index contributed by atoms with van der Waals surface area (Å²) in [7, 11) is 0.